The van der Waals surface area contributed by atoms with E-state index in [0.29, 0.717) is 6.42 Å². The third-order valence-electron chi connectivity index (χ3n) is 8.19. The number of hydrogen-bond acceptors (Lipinski definition) is 4. The largest absolute Gasteiger partial charge is 0.388 e. The molecule has 3 aromatic rings. The first-order valence-electron chi connectivity index (χ1n) is 13.4. The van der Waals surface area contributed by atoms with E-state index in [9.17, 15) is 15.0 Å². The highest BCUT2D eigenvalue weighted by atomic mass is 35.5. The second kappa shape index (κ2) is 12.9. The van der Waals surface area contributed by atoms with Gasteiger partial charge in [-0.15, -0.1) is 12.4 Å². The maximum atomic E-state index is 12.1. The molecule has 0 bridgehead atoms. The number of benzene rings is 3. The summed E-state index contributed by atoms with van der Waals surface area (Å²) in [4.78, 5) is 14.1. The first-order valence-corrected chi connectivity index (χ1v) is 13.4. The number of aliphatic hydroxyl groups excluding tert-OH is 1. The molecule has 4 rings (SSSR count). The van der Waals surface area contributed by atoms with Crippen molar-refractivity contribution in [3.63, 3.8) is 0 Å². The smallest absolute Gasteiger partial charge is 0.227 e. The van der Waals surface area contributed by atoms with E-state index in [1.165, 1.54) is 0 Å². The van der Waals surface area contributed by atoms with Gasteiger partial charge in [-0.25, -0.2) is 0 Å². The molecule has 1 atom stereocenters. The van der Waals surface area contributed by atoms with E-state index in [2.05, 4.69) is 4.90 Å². The molecule has 5 nitrogen and oxygen atoms in total. The maximum Gasteiger partial charge on any atom is 0.227 e. The van der Waals surface area contributed by atoms with Crippen LogP contribution in [0.15, 0.2) is 84.9 Å². The Kier molecular flexibility index (Phi) is 10.1. The van der Waals surface area contributed by atoms with E-state index in [-0.39, 0.29) is 24.2 Å². The van der Waals surface area contributed by atoms with Gasteiger partial charge in [-0.3, -0.25) is 4.79 Å². The lowest BCUT2D eigenvalue weighted by molar-refractivity contribution is -0.122. The van der Waals surface area contributed by atoms with Crippen LogP contribution in [0, 0.1) is 5.92 Å². The van der Waals surface area contributed by atoms with Gasteiger partial charge in [-0.05, 0) is 87.3 Å². The van der Waals surface area contributed by atoms with E-state index in [1.807, 2.05) is 98.8 Å². The number of amides is 1. The number of hydrogen-bond donors (Lipinski definition) is 3. The van der Waals surface area contributed by atoms with E-state index in [0.717, 1.165) is 61.2 Å². The molecule has 1 unspecified atom stereocenters. The van der Waals surface area contributed by atoms with E-state index < -0.39 is 17.1 Å². The summed E-state index contributed by atoms with van der Waals surface area (Å²) in [5, 5.41) is 22.8. The minimum absolute atomic E-state index is 0. The zero-order valence-electron chi connectivity index (χ0n) is 22.4. The fourth-order valence-electron chi connectivity index (χ4n) is 5.54. The van der Waals surface area contributed by atoms with Crippen LogP contribution in [0.2, 0.25) is 0 Å². The van der Waals surface area contributed by atoms with Crippen molar-refractivity contribution in [2.45, 2.75) is 56.7 Å². The molecule has 0 spiro atoms. The van der Waals surface area contributed by atoms with E-state index in [4.69, 9.17) is 5.73 Å². The summed E-state index contributed by atoms with van der Waals surface area (Å²) in [5.41, 5.74) is 7.40. The predicted octanol–water partition coefficient (Wildman–Crippen LogP) is 5.33. The standard InChI is InChI=1S/C32H40N2O3.ClH/c1-31(2,30(33)36)25-17-15-24(16-18-25)29(35)14-9-21-34-22-19-28(20-23-34)32(37,26-10-5-3-6-11-26)27-12-7-4-8-13-27;/h3-8,10-13,15-18,28-29,35,37H,9,14,19-23H2,1-2H3,(H2,33,36);1H. The molecule has 1 aliphatic rings. The Morgan fingerprint density at radius 1 is 0.895 bits per heavy atom. The number of rotatable bonds is 10. The quantitative estimate of drug-likeness (QED) is 0.327. The Hall–Kier alpha value is -2.70. The number of primary amides is 1. The van der Waals surface area contributed by atoms with Crippen molar-refractivity contribution in [3.05, 3.63) is 107 Å². The summed E-state index contributed by atoms with van der Waals surface area (Å²) in [6.45, 7) is 6.40. The lowest BCUT2D eigenvalue weighted by atomic mass is 9.72. The van der Waals surface area contributed by atoms with Crippen molar-refractivity contribution in [3.8, 4) is 0 Å². The average Bonchev–Trinajstić information content (AvgIpc) is 2.94. The van der Waals surface area contributed by atoms with Crippen LogP contribution in [0.1, 0.15) is 67.9 Å². The predicted molar refractivity (Wildman–Crippen MR) is 155 cm³/mol. The van der Waals surface area contributed by atoms with Crippen LogP contribution < -0.4 is 5.73 Å². The molecule has 0 aliphatic carbocycles. The number of nitrogens with zero attached hydrogens (tertiary/aromatic N) is 1. The Bertz CT molecular complexity index is 1100. The minimum Gasteiger partial charge on any atom is -0.388 e. The van der Waals surface area contributed by atoms with Gasteiger partial charge in [0.2, 0.25) is 5.91 Å². The molecular formula is C32H41ClN2O3. The highest BCUT2D eigenvalue weighted by Crippen LogP contribution is 2.42. The van der Waals surface area contributed by atoms with Crippen LogP contribution in [0.3, 0.4) is 0 Å². The van der Waals surface area contributed by atoms with Crippen molar-refractivity contribution < 1.29 is 15.0 Å². The SMILES string of the molecule is CC(C)(C(N)=O)c1ccc(C(O)CCCN2CCC(C(O)(c3ccccc3)c3ccccc3)CC2)cc1.Cl. The van der Waals surface area contributed by atoms with Gasteiger partial charge in [0.05, 0.1) is 11.5 Å². The number of carbonyl (C=O) groups excluding carboxylic acids is 1. The van der Waals surface area contributed by atoms with Crippen LogP contribution in [0.25, 0.3) is 0 Å². The van der Waals surface area contributed by atoms with Gasteiger partial charge in [0, 0.05) is 0 Å². The second-order valence-corrected chi connectivity index (χ2v) is 10.9. The minimum atomic E-state index is -1.000. The van der Waals surface area contributed by atoms with Crippen molar-refractivity contribution in [1.82, 2.24) is 4.90 Å². The van der Waals surface area contributed by atoms with Gasteiger partial charge in [0.25, 0.3) is 0 Å². The van der Waals surface area contributed by atoms with Crippen molar-refractivity contribution in [2.24, 2.45) is 11.7 Å². The van der Waals surface area contributed by atoms with Crippen LogP contribution in [0.5, 0.6) is 0 Å². The number of piperidine rings is 1. The molecule has 0 radical (unpaired) electrons. The Balaban J connectivity index is 0.00000400. The molecule has 38 heavy (non-hydrogen) atoms. The summed E-state index contributed by atoms with van der Waals surface area (Å²) in [6.07, 6.45) is 2.86. The van der Waals surface area contributed by atoms with Crippen LogP contribution in [0.4, 0.5) is 0 Å². The summed E-state index contributed by atoms with van der Waals surface area (Å²) < 4.78 is 0. The van der Waals surface area contributed by atoms with E-state index in [1.54, 1.807) is 0 Å². The number of nitrogens with two attached hydrogens (primary N) is 1. The van der Waals surface area contributed by atoms with Crippen LogP contribution >= 0.6 is 12.4 Å². The van der Waals surface area contributed by atoms with Gasteiger partial charge in [-0.1, -0.05) is 84.9 Å². The topological polar surface area (TPSA) is 86.8 Å². The van der Waals surface area contributed by atoms with Gasteiger partial charge >= 0.3 is 0 Å². The van der Waals surface area contributed by atoms with Crippen molar-refractivity contribution in [2.75, 3.05) is 19.6 Å². The molecule has 1 aliphatic heterocycles. The monoisotopic (exact) mass is 536 g/mol. The van der Waals surface area contributed by atoms with Crippen LogP contribution in [-0.4, -0.2) is 40.7 Å². The fraction of sp³-hybridized carbons (Fsp3) is 0.406. The molecule has 4 N–H and O–H groups in total. The highest BCUT2D eigenvalue weighted by molar-refractivity contribution is 5.86. The molecular weight excluding hydrogens is 496 g/mol. The Labute approximate surface area is 233 Å². The number of aliphatic hydroxyl groups is 2. The maximum absolute atomic E-state index is 12.1. The number of carbonyl (C=O) groups is 1. The summed E-state index contributed by atoms with van der Waals surface area (Å²) in [6, 6.07) is 27.6. The molecule has 0 saturated carbocycles. The lowest BCUT2D eigenvalue weighted by Crippen LogP contribution is -2.44. The molecule has 204 valence electrons. The average molecular weight is 537 g/mol. The lowest BCUT2D eigenvalue weighted by Gasteiger charge is -2.42. The van der Waals surface area contributed by atoms with Gasteiger partial charge in [-0.2, -0.15) is 0 Å². The van der Waals surface area contributed by atoms with Gasteiger partial charge < -0.3 is 20.8 Å². The molecule has 1 saturated heterocycles. The van der Waals surface area contributed by atoms with Gasteiger partial charge in [0.1, 0.15) is 5.60 Å². The van der Waals surface area contributed by atoms with Crippen molar-refractivity contribution >= 4 is 18.3 Å². The first kappa shape index (κ1) is 29.9. The van der Waals surface area contributed by atoms with Crippen LogP contribution in [-0.2, 0) is 15.8 Å². The summed E-state index contributed by atoms with van der Waals surface area (Å²) in [5.74, 6) is -0.224. The van der Waals surface area contributed by atoms with Gasteiger partial charge in [0.15, 0.2) is 0 Å². The molecule has 6 heteroatoms. The Morgan fingerprint density at radius 3 is 1.87 bits per heavy atom. The third kappa shape index (κ3) is 6.47. The number of likely N-dealkylation sites (tertiary alicyclic amines) is 1. The van der Waals surface area contributed by atoms with E-state index >= 15 is 0 Å². The fourth-order valence-corrected chi connectivity index (χ4v) is 5.54. The zero-order chi connectivity index (χ0) is 26.5. The first-order chi connectivity index (χ1) is 17.7. The molecule has 1 fully saturated rings. The summed E-state index contributed by atoms with van der Waals surface area (Å²) >= 11 is 0. The normalized spacial score (nSPS) is 16.0. The zero-order valence-corrected chi connectivity index (χ0v) is 23.2. The highest BCUT2D eigenvalue weighted by Gasteiger charge is 2.41. The second-order valence-electron chi connectivity index (χ2n) is 10.9. The molecule has 3 aromatic carbocycles. The Morgan fingerprint density at radius 2 is 1.39 bits per heavy atom. The third-order valence-corrected chi connectivity index (χ3v) is 8.19. The number of halogens is 1. The molecule has 1 amide bonds. The summed E-state index contributed by atoms with van der Waals surface area (Å²) in [7, 11) is 0. The van der Waals surface area contributed by atoms with Crippen molar-refractivity contribution in [1.29, 1.82) is 0 Å². The molecule has 1 heterocycles. The molecule has 0 aromatic heterocycles.